The van der Waals surface area contributed by atoms with Crippen LogP contribution in [0.4, 0.5) is 11.6 Å². The molecule has 0 radical (unpaired) electrons. The molecule has 0 bridgehead atoms. The van der Waals surface area contributed by atoms with Crippen LogP contribution >= 0.6 is 0 Å². The zero-order chi connectivity index (χ0) is 11.7. The van der Waals surface area contributed by atoms with Gasteiger partial charge in [0.2, 0.25) is 5.91 Å². The van der Waals surface area contributed by atoms with E-state index < -0.39 is 11.9 Å². The first-order chi connectivity index (χ1) is 7.58. The molecule has 2 heterocycles. The van der Waals surface area contributed by atoms with Gasteiger partial charge in [-0.05, 0) is 12.1 Å². The third-order valence-electron chi connectivity index (χ3n) is 2.51. The van der Waals surface area contributed by atoms with Crippen molar-refractivity contribution in [3.05, 3.63) is 18.2 Å². The molecule has 0 aromatic carbocycles. The Hall–Kier alpha value is -2.11. The van der Waals surface area contributed by atoms with E-state index in [1.54, 1.807) is 18.2 Å². The topological polar surface area (TPSA) is 96.5 Å². The number of amides is 1. The maximum absolute atomic E-state index is 11.6. The second-order valence-electron chi connectivity index (χ2n) is 3.66. The Morgan fingerprint density at radius 1 is 1.56 bits per heavy atom. The minimum absolute atomic E-state index is 0.0197. The number of carbonyl (C=O) groups excluding carboxylic acids is 1. The number of rotatable bonds is 2. The van der Waals surface area contributed by atoms with Gasteiger partial charge in [0.25, 0.3) is 0 Å². The van der Waals surface area contributed by atoms with Crippen LogP contribution in [0.15, 0.2) is 18.2 Å². The summed E-state index contributed by atoms with van der Waals surface area (Å²) in [6.45, 7) is 0.157. The summed E-state index contributed by atoms with van der Waals surface area (Å²) >= 11 is 0. The minimum atomic E-state index is -0.959. The Morgan fingerprint density at radius 2 is 2.31 bits per heavy atom. The summed E-state index contributed by atoms with van der Waals surface area (Å²) in [5.74, 6) is -1.13. The molecule has 84 valence electrons. The van der Waals surface area contributed by atoms with E-state index in [1.165, 1.54) is 4.90 Å². The summed E-state index contributed by atoms with van der Waals surface area (Å²) < 4.78 is 0. The number of nitrogens with zero attached hydrogens (tertiary/aromatic N) is 2. The van der Waals surface area contributed by atoms with Gasteiger partial charge < -0.3 is 10.8 Å². The van der Waals surface area contributed by atoms with Gasteiger partial charge in [-0.25, -0.2) is 4.98 Å². The molecule has 3 N–H and O–H groups in total. The van der Waals surface area contributed by atoms with Crippen LogP contribution < -0.4 is 10.6 Å². The molecule has 1 aliphatic heterocycles. The first kappa shape index (κ1) is 10.4. The summed E-state index contributed by atoms with van der Waals surface area (Å²) in [6.07, 6.45) is 0.0197. The maximum atomic E-state index is 11.6. The van der Waals surface area contributed by atoms with Crippen molar-refractivity contribution in [2.24, 2.45) is 5.92 Å². The SMILES string of the molecule is Nc1cccc(N2CC(C(=O)O)CC2=O)n1. The van der Waals surface area contributed by atoms with Gasteiger partial charge in [-0.15, -0.1) is 0 Å². The van der Waals surface area contributed by atoms with Crippen molar-refractivity contribution in [1.29, 1.82) is 0 Å². The van der Waals surface area contributed by atoms with Crippen LogP contribution in [-0.2, 0) is 9.59 Å². The van der Waals surface area contributed by atoms with Crippen molar-refractivity contribution in [2.45, 2.75) is 6.42 Å². The van der Waals surface area contributed by atoms with E-state index in [0.29, 0.717) is 11.6 Å². The Bertz CT molecular complexity index is 447. The van der Waals surface area contributed by atoms with Crippen LogP contribution in [0.3, 0.4) is 0 Å². The molecule has 2 rings (SSSR count). The van der Waals surface area contributed by atoms with Crippen LogP contribution in [0.1, 0.15) is 6.42 Å². The second-order valence-corrected chi connectivity index (χ2v) is 3.66. The number of nitrogens with two attached hydrogens (primary N) is 1. The first-order valence-electron chi connectivity index (χ1n) is 4.83. The molecule has 6 heteroatoms. The van der Waals surface area contributed by atoms with Crippen molar-refractivity contribution >= 4 is 23.5 Å². The van der Waals surface area contributed by atoms with E-state index in [4.69, 9.17) is 10.8 Å². The van der Waals surface area contributed by atoms with Crippen molar-refractivity contribution < 1.29 is 14.7 Å². The summed E-state index contributed by atoms with van der Waals surface area (Å²) in [7, 11) is 0. The fourth-order valence-corrected chi connectivity index (χ4v) is 1.68. The molecular formula is C10H11N3O3. The number of nitrogen functional groups attached to an aromatic ring is 1. The Labute approximate surface area is 91.7 Å². The lowest BCUT2D eigenvalue weighted by atomic mass is 10.1. The number of hydrogen-bond acceptors (Lipinski definition) is 4. The van der Waals surface area contributed by atoms with Crippen molar-refractivity contribution in [1.82, 2.24) is 4.98 Å². The largest absolute Gasteiger partial charge is 0.481 e. The lowest BCUT2D eigenvalue weighted by molar-refractivity contribution is -0.141. The molecule has 0 spiro atoms. The zero-order valence-corrected chi connectivity index (χ0v) is 8.46. The average molecular weight is 221 g/mol. The maximum Gasteiger partial charge on any atom is 0.308 e. The number of hydrogen-bond donors (Lipinski definition) is 2. The lowest BCUT2D eigenvalue weighted by Crippen LogP contribution is -2.26. The monoisotopic (exact) mass is 221 g/mol. The molecule has 1 amide bonds. The molecule has 1 atom stereocenters. The second kappa shape index (κ2) is 3.80. The highest BCUT2D eigenvalue weighted by Crippen LogP contribution is 2.23. The van der Waals surface area contributed by atoms with Crippen molar-refractivity contribution in [2.75, 3.05) is 17.2 Å². The summed E-state index contributed by atoms with van der Waals surface area (Å²) in [6, 6.07) is 4.93. The summed E-state index contributed by atoms with van der Waals surface area (Å²) in [4.78, 5) is 27.7. The molecule has 1 aromatic rings. The number of aliphatic carboxylic acids is 1. The standard InChI is InChI=1S/C10H11N3O3/c11-7-2-1-3-8(12-7)13-5-6(10(15)16)4-9(13)14/h1-3,6H,4-5H2,(H2,11,12)(H,15,16). The molecular weight excluding hydrogens is 210 g/mol. The van der Waals surface area contributed by atoms with E-state index >= 15 is 0 Å². The number of carbonyl (C=O) groups is 2. The van der Waals surface area contributed by atoms with Gasteiger partial charge in [0, 0.05) is 13.0 Å². The number of carboxylic acids is 1. The third kappa shape index (κ3) is 1.81. The molecule has 1 aliphatic rings. The lowest BCUT2D eigenvalue weighted by Gasteiger charge is -2.14. The van der Waals surface area contributed by atoms with Gasteiger partial charge in [-0.1, -0.05) is 6.07 Å². The number of aromatic nitrogens is 1. The van der Waals surface area contributed by atoms with Crippen LogP contribution in [0.2, 0.25) is 0 Å². The summed E-state index contributed by atoms with van der Waals surface area (Å²) in [5, 5.41) is 8.83. The zero-order valence-electron chi connectivity index (χ0n) is 8.46. The molecule has 1 unspecified atom stereocenters. The van der Waals surface area contributed by atoms with Crippen LogP contribution in [0.5, 0.6) is 0 Å². The predicted molar refractivity (Wildman–Crippen MR) is 56.7 cm³/mol. The quantitative estimate of drug-likeness (QED) is 0.738. The molecule has 1 fully saturated rings. The number of anilines is 2. The van der Waals surface area contributed by atoms with Gasteiger partial charge in [0.1, 0.15) is 11.6 Å². The van der Waals surface area contributed by atoms with Crippen molar-refractivity contribution in [3.8, 4) is 0 Å². The Balaban J connectivity index is 2.23. The molecule has 6 nitrogen and oxygen atoms in total. The van der Waals surface area contributed by atoms with Crippen molar-refractivity contribution in [3.63, 3.8) is 0 Å². The average Bonchev–Trinajstić information content (AvgIpc) is 2.60. The molecule has 16 heavy (non-hydrogen) atoms. The molecule has 1 aromatic heterocycles. The third-order valence-corrected chi connectivity index (χ3v) is 2.51. The molecule has 0 aliphatic carbocycles. The van der Waals surface area contributed by atoms with Crippen LogP contribution in [-0.4, -0.2) is 28.5 Å². The highest BCUT2D eigenvalue weighted by Gasteiger charge is 2.35. The van der Waals surface area contributed by atoms with Gasteiger partial charge in [-0.2, -0.15) is 0 Å². The minimum Gasteiger partial charge on any atom is -0.481 e. The Kier molecular flexibility index (Phi) is 2.47. The fourth-order valence-electron chi connectivity index (χ4n) is 1.68. The Morgan fingerprint density at radius 3 is 2.88 bits per heavy atom. The van der Waals surface area contributed by atoms with E-state index in [0.717, 1.165) is 0 Å². The van der Waals surface area contributed by atoms with Gasteiger partial charge >= 0.3 is 5.97 Å². The van der Waals surface area contributed by atoms with Gasteiger partial charge in [0.05, 0.1) is 5.92 Å². The van der Waals surface area contributed by atoms with E-state index in [2.05, 4.69) is 4.98 Å². The van der Waals surface area contributed by atoms with Gasteiger partial charge in [-0.3, -0.25) is 14.5 Å². The van der Waals surface area contributed by atoms with Crippen LogP contribution in [0, 0.1) is 5.92 Å². The molecule has 0 saturated carbocycles. The number of pyridine rings is 1. The van der Waals surface area contributed by atoms with Crippen LogP contribution in [0.25, 0.3) is 0 Å². The summed E-state index contributed by atoms with van der Waals surface area (Å²) in [5.41, 5.74) is 5.50. The van der Waals surface area contributed by atoms with E-state index in [1.807, 2.05) is 0 Å². The smallest absolute Gasteiger partial charge is 0.308 e. The predicted octanol–water partition coefficient (Wildman–Crippen LogP) is 0.101. The fraction of sp³-hybridized carbons (Fsp3) is 0.300. The molecule has 1 saturated heterocycles. The van der Waals surface area contributed by atoms with E-state index in [-0.39, 0.29) is 18.9 Å². The highest BCUT2D eigenvalue weighted by molar-refractivity contribution is 5.98. The normalized spacial score (nSPS) is 20.1. The van der Waals surface area contributed by atoms with E-state index in [9.17, 15) is 9.59 Å². The first-order valence-corrected chi connectivity index (χ1v) is 4.83. The highest BCUT2D eigenvalue weighted by atomic mass is 16.4. The van der Waals surface area contributed by atoms with Gasteiger partial charge in [0.15, 0.2) is 0 Å². The number of carboxylic acid groups (broad SMARTS) is 1.